The van der Waals surface area contributed by atoms with Gasteiger partial charge in [0.15, 0.2) is 0 Å². The molecule has 0 bridgehead atoms. The average molecular weight is 175 g/mol. The smallest absolute Gasteiger partial charge is 0.272 e. The van der Waals surface area contributed by atoms with Gasteiger partial charge in [0.25, 0.3) is 5.91 Å². The molecular formula is C9H9N3O. The Morgan fingerprint density at radius 1 is 1.31 bits per heavy atom. The van der Waals surface area contributed by atoms with Crippen molar-refractivity contribution in [2.24, 2.45) is 15.7 Å². The van der Waals surface area contributed by atoms with Crippen molar-refractivity contribution in [2.75, 3.05) is 6.54 Å². The molecule has 1 atom stereocenters. The fourth-order valence-electron chi connectivity index (χ4n) is 1.24. The zero-order valence-electron chi connectivity index (χ0n) is 6.97. The van der Waals surface area contributed by atoms with E-state index in [-0.39, 0.29) is 12.5 Å². The van der Waals surface area contributed by atoms with Crippen molar-refractivity contribution in [1.82, 2.24) is 0 Å². The number of amides is 1. The first-order valence-corrected chi connectivity index (χ1v) is 4.07. The number of nitrogens with two attached hydrogens (primary N) is 1. The van der Waals surface area contributed by atoms with E-state index in [0.29, 0.717) is 5.36 Å². The summed E-state index contributed by atoms with van der Waals surface area (Å²) in [6.07, 6.45) is 0. The molecule has 1 aliphatic heterocycles. The average Bonchev–Trinajstić information content (AvgIpc) is 2.17. The highest BCUT2D eigenvalue weighted by atomic mass is 16.1. The number of carbonyl (C=O) groups excluding carboxylic acids is 1. The minimum atomic E-state index is -0.491. The van der Waals surface area contributed by atoms with Crippen LogP contribution in [0.3, 0.4) is 0 Å². The topological polar surface area (TPSA) is 67.8 Å². The zero-order chi connectivity index (χ0) is 9.26. The van der Waals surface area contributed by atoms with Gasteiger partial charge in [0.05, 0.1) is 10.7 Å². The summed E-state index contributed by atoms with van der Waals surface area (Å²) in [6.45, 7) is 0.219. The third-order valence-electron chi connectivity index (χ3n) is 1.92. The highest BCUT2D eigenvalue weighted by Gasteiger charge is 2.16. The number of fused-ring (bicyclic) bond motifs is 1. The van der Waals surface area contributed by atoms with Gasteiger partial charge in [0.2, 0.25) is 0 Å². The molecule has 0 saturated carbocycles. The molecule has 0 aromatic heterocycles. The summed E-state index contributed by atoms with van der Waals surface area (Å²) in [4.78, 5) is 19.3. The van der Waals surface area contributed by atoms with E-state index in [0.717, 1.165) is 5.36 Å². The van der Waals surface area contributed by atoms with Crippen molar-refractivity contribution in [3.05, 3.63) is 35.0 Å². The van der Waals surface area contributed by atoms with Crippen LogP contribution in [0, 0.1) is 0 Å². The van der Waals surface area contributed by atoms with E-state index in [4.69, 9.17) is 5.73 Å². The molecular weight excluding hydrogens is 166 g/mol. The van der Waals surface area contributed by atoms with Crippen LogP contribution in [0.2, 0.25) is 0 Å². The predicted molar refractivity (Wildman–Crippen MR) is 46.6 cm³/mol. The van der Waals surface area contributed by atoms with E-state index < -0.39 is 6.04 Å². The van der Waals surface area contributed by atoms with Crippen LogP contribution in [0.5, 0.6) is 0 Å². The normalized spacial score (nSPS) is 20.1. The molecule has 66 valence electrons. The summed E-state index contributed by atoms with van der Waals surface area (Å²) in [5.41, 5.74) is 5.38. The van der Waals surface area contributed by atoms with Crippen LogP contribution in [-0.4, -0.2) is 18.5 Å². The van der Waals surface area contributed by atoms with E-state index in [2.05, 4.69) is 9.98 Å². The number of hydrogen-bond donors (Lipinski definition) is 1. The lowest BCUT2D eigenvalue weighted by Crippen LogP contribution is -2.39. The summed E-state index contributed by atoms with van der Waals surface area (Å²) in [7, 11) is 0. The van der Waals surface area contributed by atoms with Gasteiger partial charge in [-0.1, -0.05) is 12.1 Å². The molecule has 2 N–H and O–H groups in total. The van der Waals surface area contributed by atoms with Crippen molar-refractivity contribution in [3.63, 3.8) is 0 Å². The van der Waals surface area contributed by atoms with Crippen molar-refractivity contribution in [1.29, 1.82) is 0 Å². The molecule has 0 radical (unpaired) electrons. The van der Waals surface area contributed by atoms with Gasteiger partial charge in [-0.15, -0.1) is 0 Å². The maximum absolute atomic E-state index is 11.2. The largest absolute Gasteiger partial charge is 0.328 e. The number of carbonyl (C=O) groups is 1. The molecule has 1 amide bonds. The van der Waals surface area contributed by atoms with Crippen LogP contribution in [0.4, 0.5) is 0 Å². The molecule has 1 unspecified atom stereocenters. The second-order valence-electron chi connectivity index (χ2n) is 2.82. The minimum Gasteiger partial charge on any atom is -0.328 e. The highest BCUT2D eigenvalue weighted by Crippen LogP contribution is 1.93. The lowest BCUT2D eigenvalue weighted by atomic mass is 10.2. The van der Waals surface area contributed by atoms with Gasteiger partial charge in [0.1, 0.15) is 6.04 Å². The van der Waals surface area contributed by atoms with E-state index >= 15 is 0 Å². The molecule has 4 heteroatoms. The summed E-state index contributed by atoms with van der Waals surface area (Å²) < 4.78 is 0. The maximum atomic E-state index is 11.2. The predicted octanol–water partition coefficient (Wildman–Crippen LogP) is -1.21. The first kappa shape index (κ1) is 8.07. The fraction of sp³-hybridized carbons (Fsp3) is 0.222. The summed E-state index contributed by atoms with van der Waals surface area (Å²) in [6, 6.07) is 6.79. The van der Waals surface area contributed by atoms with Gasteiger partial charge in [0, 0.05) is 6.54 Å². The molecule has 1 aliphatic rings. The van der Waals surface area contributed by atoms with Crippen molar-refractivity contribution in [2.45, 2.75) is 6.04 Å². The number of para-hydroxylation sites is 2. The quantitative estimate of drug-likeness (QED) is 0.582. The van der Waals surface area contributed by atoms with Gasteiger partial charge in [-0.2, -0.15) is 0 Å². The Morgan fingerprint density at radius 2 is 2.00 bits per heavy atom. The standard InChI is InChI=1S/C9H9N3O/c10-5-8-9(13)12-7-4-2-1-3-6(7)11-8/h1-4,8H,5,10H2. The summed E-state index contributed by atoms with van der Waals surface area (Å²) in [5, 5.41) is 1.38. The lowest BCUT2D eigenvalue weighted by molar-refractivity contribution is -0.119. The van der Waals surface area contributed by atoms with E-state index in [1.54, 1.807) is 6.07 Å². The van der Waals surface area contributed by atoms with Gasteiger partial charge in [-0.25, -0.2) is 4.99 Å². The number of benzene rings is 1. The third-order valence-corrected chi connectivity index (χ3v) is 1.92. The number of hydrogen-bond acceptors (Lipinski definition) is 3. The monoisotopic (exact) mass is 175 g/mol. The minimum absolute atomic E-state index is 0.219. The van der Waals surface area contributed by atoms with Gasteiger partial charge < -0.3 is 5.73 Å². The Bertz CT molecular complexity index is 452. The Morgan fingerprint density at radius 3 is 2.69 bits per heavy atom. The molecule has 13 heavy (non-hydrogen) atoms. The number of rotatable bonds is 1. The molecule has 0 fully saturated rings. The van der Waals surface area contributed by atoms with Crippen LogP contribution >= 0.6 is 0 Å². The first-order valence-electron chi connectivity index (χ1n) is 4.07. The molecule has 4 nitrogen and oxygen atoms in total. The Hall–Kier alpha value is -1.55. The van der Waals surface area contributed by atoms with Crippen molar-refractivity contribution >= 4 is 5.91 Å². The van der Waals surface area contributed by atoms with E-state index in [1.807, 2.05) is 18.2 Å². The maximum Gasteiger partial charge on any atom is 0.272 e. The SMILES string of the molecule is NCC1N=c2ccccc2=NC1=O. The van der Waals surface area contributed by atoms with E-state index in [1.165, 1.54) is 0 Å². The summed E-state index contributed by atoms with van der Waals surface area (Å²) >= 11 is 0. The van der Waals surface area contributed by atoms with Crippen LogP contribution in [0.15, 0.2) is 34.3 Å². The molecule has 0 spiro atoms. The molecule has 0 aliphatic carbocycles. The fourth-order valence-corrected chi connectivity index (χ4v) is 1.24. The second kappa shape index (κ2) is 3.06. The molecule has 1 aromatic carbocycles. The molecule has 0 saturated heterocycles. The van der Waals surface area contributed by atoms with Crippen molar-refractivity contribution < 1.29 is 4.79 Å². The van der Waals surface area contributed by atoms with Gasteiger partial charge in [-0.05, 0) is 12.1 Å². The third kappa shape index (κ3) is 1.36. The first-order chi connectivity index (χ1) is 6.31. The van der Waals surface area contributed by atoms with Crippen LogP contribution in [-0.2, 0) is 4.79 Å². The zero-order valence-corrected chi connectivity index (χ0v) is 6.97. The van der Waals surface area contributed by atoms with Crippen molar-refractivity contribution in [3.8, 4) is 0 Å². The van der Waals surface area contributed by atoms with Gasteiger partial charge >= 0.3 is 0 Å². The molecule has 1 aromatic rings. The molecule has 2 rings (SSSR count). The lowest BCUT2D eigenvalue weighted by Gasteiger charge is -2.07. The second-order valence-corrected chi connectivity index (χ2v) is 2.82. The van der Waals surface area contributed by atoms with Gasteiger partial charge in [-0.3, -0.25) is 9.79 Å². The van der Waals surface area contributed by atoms with Crippen LogP contribution in [0.1, 0.15) is 0 Å². The Kier molecular flexibility index (Phi) is 1.90. The Balaban J connectivity index is 2.66. The Labute approximate surface area is 74.8 Å². The highest BCUT2D eigenvalue weighted by molar-refractivity contribution is 5.83. The van der Waals surface area contributed by atoms with Crippen LogP contribution < -0.4 is 16.4 Å². The van der Waals surface area contributed by atoms with Crippen LogP contribution in [0.25, 0.3) is 0 Å². The van der Waals surface area contributed by atoms with E-state index in [9.17, 15) is 4.79 Å². The molecule has 1 heterocycles. The summed E-state index contributed by atoms with van der Waals surface area (Å²) in [5.74, 6) is -0.249. The number of nitrogens with zero attached hydrogens (tertiary/aromatic N) is 2.